The van der Waals surface area contributed by atoms with Crippen LogP contribution in [-0.2, 0) is 4.79 Å². The molecule has 0 bridgehead atoms. The molecule has 0 aliphatic carbocycles. The molecule has 0 amide bonds. The van der Waals surface area contributed by atoms with Crippen LogP contribution >= 0.6 is 0 Å². The lowest BCUT2D eigenvalue weighted by Gasteiger charge is -2.23. The molecule has 0 radical (unpaired) electrons. The first-order chi connectivity index (χ1) is 9.99. The number of carboxylic acids is 1. The van der Waals surface area contributed by atoms with E-state index in [1.807, 2.05) is 55.8 Å². The summed E-state index contributed by atoms with van der Waals surface area (Å²) >= 11 is 0. The average Bonchev–Trinajstić information content (AvgIpc) is 2.98. The van der Waals surface area contributed by atoms with E-state index in [2.05, 4.69) is 10.3 Å². The summed E-state index contributed by atoms with van der Waals surface area (Å²) in [5.41, 5.74) is 2.09. The van der Waals surface area contributed by atoms with Gasteiger partial charge in [0.15, 0.2) is 0 Å². The van der Waals surface area contributed by atoms with Gasteiger partial charge in [0.25, 0.3) is 0 Å². The maximum Gasteiger partial charge on any atom is 0.320 e. The van der Waals surface area contributed by atoms with E-state index >= 15 is 0 Å². The van der Waals surface area contributed by atoms with Crippen molar-refractivity contribution < 1.29 is 9.90 Å². The number of benzene rings is 1. The van der Waals surface area contributed by atoms with Crippen molar-refractivity contribution in [2.75, 3.05) is 0 Å². The Kier molecular flexibility index (Phi) is 4.75. The normalized spacial score (nSPS) is 14.1. The molecule has 2 aromatic rings. The highest BCUT2D eigenvalue weighted by Crippen LogP contribution is 2.17. The number of carbonyl (C=O) groups is 1. The Bertz CT molecular complexity index is 576. The Morgan fingerprint density at radius 1 is 1.24 bits per heavy atom. The van der Waals surface area contributed by atoms with Crippen LogP contribution < -0.4 is 5.32 Å². The van der Waals surface area contributed by atoms with Crippen LogP contribution in [0.5, 0.6) is 0 Å². The molecular weight excluding hydrogens is 266 g/mol. The summed E-state index contributed by atoms with van der Waals surface area (Å²) in [5.74, 6) is -0.776. The number of aliphatic carboxylic acids is 1. The van der Waals surface area contributed by atoms with Gasteiger partial charge in [0.2, 0.25) is 0 Å². The molecule has 5 heteroatoms. The van der Waals surface area contributed by atoms with Crippen molar-refractivity contribution in [3.05, 3.63) is 48.5 Å². The number of hydrogen-bond acceptors (Lipinski definition) is 3. The van der Waals surface area contributed by atoms with Gasteiger partial charge in [-0.2, -0.15) is 0 Å². The maximum absolute atomic E-state index is 11.2. The van der Waals surface area contributed by atoms with Gasteiger partial charge in [-0.25, -0.2) is 4.98 Å². The molecule has 0 spiro atoms. The van der Waals surface area contributed by atoms with E-state index in [0.717, 1.165) is 11.3 Å². The van der Waals surface area contributed by atoms with Gasteiger partial charge in [-0.1, -0.05) is 26.0 Å². The fourth-order valence-electron chi connectivity index (χ4n) is 2.26. The van der Waals surface area contributed by atoms with Gasteiger partial charge in [-0.3, -0.25) is 10.1 Å². The third-order valence-electron chi connectivity index (χ3n) is 3.56. The number of aromatic nitrogens is 2. The third-order valence-corrected chi connectivity index (χ3v) is 3.56. The van der Waals surface area contributed by atoms with Gasteiger partial charge in [-0.15, -0.1) is 0 Å². The van der Waals surface area contributed by atoms with E-state index in [4.69, 9.17) is 0 Å². The van der Waals surface area contributed by atoms with E-state index in [1.54, 1.807) is 12.5 Å². The molecule has 0 aliphatic heterocycles. The summed E-state index contributed by atoms with van der Waals surface area (Å²) in [6, 6.07) is 7.44. The first-order valence-corrected chi connectivity index (χ1v) is 7.06. The fourth-order valence-corrected chi connectivity index (χ4v) is 2.26. The minimum atomic E-state index is -0.813. The van der Waals surface area contributed by atoms with E-state index in [0.29, 0.717) is 0 Å². The summed E-state index contributed by atoms with van der Waals surface area (Å²) in [6.07, 6.45) is 5.37. The average molecular weight is 287 g/mol. The molecule has 21 heavy (non-hydrogen) atoms. The Hall–Kier alpha value is -2.14. The van der Waals surface area contributed by atoms with E-state index in [1.165, 1.54) is 0 Å². The first kappa shape index (κ1) is 15.3. The molecule has 112 valence electrons. The quantitative estimate of drug-likeness (QED) is 0.857. The van der Waals surface area contributed by atoms with Crippen molar-refractivity contribution in [1.82, 2.24) is 14.9 Å². The Labute approximate surface area is 124 Å². The fraction of sp³-hybridized carbons (Fsp3) is 0.375. The van der Waals surface area contributed by atoms with E-state index in [-0.39, 0.29) is 12.0 Å². The highest BCUT2D eigenvalue weighted by Gasteiger charge is 2.23. The Balaban J connectivity index is 2.09. The van der Waals surface area contributed by atoms with Crippen molar-refractivity contribution in [2.45, 2.75) is 32.9 Å². The monoisotopic (exact) mass is 287 g/mol. The lowest BCUT2D eigenvalue weighted by atomic mass is 10.0. The smallest absolute Gasteiger partial charge is 0.320 e. The maximum atomic E-state index is 11.2. The van der Waals surface area contributed by atoms with Crippen LogP contribution in [0, 0.1) is 5.92 Å². The van der Waals surface area contributed by atoms with Crippen LogP contribution in [0.1, 0.15) is 32.4 Å². The minimum absolute atomic E-state index is 0.0228. The zero-order valence-electron chi connectivity index (χ0n) is 12.5. The van der Waals surface area contributed by atoms with Crippen LogP contribution in [-0.4, -0.2) is 26.7 Å². The predicted molar refractivity (Wildman–Crippen MR) is 81.4 cm³/mol. The molecule has 0 fully saturated rings. The van der Waals surface area contributed by atoms with Crippen LogP contribution in [0.3, 0.4) is 0 Å². The molecule has 2 N–H and O–H groups in total. The second-order valence-electron chi connectivity index (χ2n) is 5.51. The molecule has 1 aromatic heterocycles. The largest absolute Gasteiger partial charge is 0.480 e. The highest BCUT2D eigenvalue weighted by molar-refractivity contribution is 5.73. The summed E-state index contributed by atoms with van der Waals surface area (Å²) in [6.45, 7) is 5.78. The van der Waals surface area contributed by atoms with Gasteiger partial charge < -0.3 is 9.67 Å². The van der Waals surface area contributed by atoms with Crippen molar-refractivity contribution in [3.8, 4) is 5.69 Å². The van der Waals surface area contributed by atoms with Gasteiger partial charge in [0.1, 0.15) is 6.04 Å². The number of carboxylic acid groups (broad SMARTS) is 1. The van der Waals surface area contributed by atoms with Crippen LogP contribution in [0.4, 0.5) is 0 Å². The first-order valence-electron chi connectivity index (χ1n) is 7.06. The molecule has 0 saturated heterocycles. The number of nitrogens with zero attached hydrogens (tertiary/aromatic N) is 2. The van der Waals surface area contributed by atoms with Crippen molar-refractivity contribution in [3.63, 3.8) is 0 Å². The van der Waals surface area contributed by atoms with Gasteiger partial charge in [-0.05, 0) is 30.5 Å². The molecule has 2 atom stereocenters. The van der Waals surface area contributed by atoms with Crippen molar-refractivity contribution in [2.24, 2.45) is 5.92 Å². The standard InChI is InChI=1S/C16H21N3O2/c1-11(2)15(16(20)21)18-12(3)13-4-6-14(7-5-13)19-9-8-17-10-19/h4-12,15,18H,1-3H3,(H,20,21). The zero-order chi connectivity index (χ0) is 15.4. The van der Waals surface area contributed by atoms with E-state index in [9.17, 15) is 9.90 Å². The lowest BCUT2D eigenvalue weighted by molar-refractivity contribution is -0.140. The number of hydrogen-bond donors (Lipinski definition) is 2. The summed E-state index contributed by atoms with van der Waals surface area (Å²) < 4.78 is 1.93. The van der Waals surface area contributed by atoms with Crippen LogP contribution in [0.15, 0.2) is 43.0 Å². The minimum Gasteiger partial charge on any atom is -0.480 e. The molecule has 0 aliphatic rings. The van der Waals surface area contributed by atoms with Gasteiger partial charge in [0.05, 0.1) is 6.33 Å². The summed E-state index contributed by atoms with van der Waals surface area (Å²) in [7, 11) is 0. The van der Waals surface area contributed by atoms with Gasteiger partial charge >= 0.3 is 5.97 Å². The molecule has 2 rings (SSSR count). The van der Waals surface area contributed by atoms with Gasteiger partial charge in [0, 0.05) is 24.1 Å². The lowest BCUT2D eigenvalue weighted by Crippen LogP contribution is -2.42. The van der Waals surface area contributed by atoms with E-state index < -0.39 is 12.0 Å². The Morgan fingerprint density at radius 2 is 1.90 bits per heavy atom. The van der Waals surface area contributed by atoms with Crippen LogP contribution in [0.25, 0.3) is 5.69 Å². The summed E-state index contributed by atoms with van der Waals surface area (Å²) in [4.78, 5) is 15.3. The van der Waals surface area contributed by atoms with Crippen molar-refractivity contribution in [1.29, 1.82) is 0 Å². The molecule has 2 unspecified atom stereocenters. The topological polar surface area (TPSA) is 67.2 Å². The molecule has 5 nitrogen and oxygen atoms in total. The summed E-state index contributed by atoms with van der Waals surface area (Å²) in [5, 5.41) is 12.4. The second-order valence-corrected chi connectivity index (χ2v) is 5.51. The molecule has 1 heterocycles. The molecule has 1 aromatic carbocycles. The van der Waals surface area contributed by atoms with Crippen LogP contribution in [0.2, 0.25) is 0 Å². The highest BCUT2D eigenvalue weighted by atomic mass is 16.4. The number of rotatable bonds is 6. The second kappa shape index (κ2) is 6.54. The number of nitrogens with one attached hydrogen (secondary N) is 1. The SMILES string of the molecule is CC(NC(C(=O)O)C(C)C)c1ccc(-n2ccnc2)cc1. The molecule has 0 saturated carbocycles. The number of imidazole rings is 1. The predicted octanol–water partition coefficient (Wildman–Crippen LogP) is 2.63. The third kappa shape index (κ3) is 3.70. The zero-order valence-corrected chi connectivity index (χ0v) is 12.5. The van der Waals surface area contributed by atoms with Crippen molar-refractivity contribution >= 4 is 5.97 Å². The molecular formula is C16H21N3O2. The Morgan fingerprint density at radius 3 is 2.38 bits per heavy atom.